The Morgan fingerprint density at radius 3 is 2.66 bits per heavy atom. The van der Waals surface area contributed by atoms with Crippen molar-refractivity contribution in [3.05, 3.63) is 73.6 Å². The third kappa shape index (κ3) is 5.29. The largest absolute Gasteiger partial charge is 0.496 e. The number of ether oxygens (including phenoxy) is 1. The summed E-state index contributed by atoms with van der Waals surface area (Å²) in [5.74, 6) is 1.45. The van der Waals surface area contributed by atoms with Gasteiger partial charge in [0.1, 0.15) is 11.4 Å². The molecule has 0 amide bonds. The van der Waals surface area contributed by atoms with Crippen LogP contribution in [-0.4, -0.2) is 44.4 Å². The minimum absolute atomic E-state index is 0.433. The van der Waals surface area contributed by atoms with Crippen molar-refractivity contribution in [3.63, 3.8) is 0 Å². The van der Waals surface area contributed by atoms with Gasteiger partial charge < -0.3 is 4.74 Å². The highest BCUT2D eigenvalue weighted by Gasteiger charge is 2.13. The van der Waals surface area contributed by atoms with E-state index in [1.54, 1.807) is 31.7 Å². The molecule has 0 atom stereocenters. The number of hydrogen-bond donors (Lipinski definition) is 0. The van der Waals surface area contributed by atoms with Gasteiger partial charge in [-0.15, -0.1) is 15.0 Å². The molecule has 0 spiro atoms. The lowest BCUT2D eigenvalue weighted by Crippen LogP contribution is -2.05. The van der Waals surface area contributed by atoms with E-state index in [1.165, 1.54) is 11.0 Å². The van der Waals surface area contributed by atoms with E-state index >= 15 is 0 Å². The maximum atomic E-state index is 5.49. The van der Waals surface area contributed by atoms with Crippen LogP contribution in [0.2, 0.25) is 0 Å². The summed E-state index contributed by atoms with van der Waals surface area (Å²) in [5, 5.41) is 12.5. The molecule has 29 heavy (non-hydrogen) atoms. The van der Waals surface area contributed by atoms with Crippen molar-refractivity contribution in [2.45, 2.75) is 13.8 Å². The summed E-state index contributed by atoms with van der Waals surface area (Å²) in [7, 11) is 1.57. The maximum absolute atomic E-state index is 5.49. The number of pyridine rings is 1. The van der Waals surface area contributed by atoms with Crippen molar-refractivity contribution in [2.24, 2.45) is 9.98 Å². The minimum atomic E-state index is 0.433. The summed E-state index contributed by atoms with van der Waals surface area (Å²) < 4.78 is 5.49. The minimum Gasteiger partial charge on any atom is -0.496 e. The predicted molar refractivity (Wildman–Crippen MR) is 116 cm³/mol. The molecule has 0 radical (unpaired) electrons. The summed E-state index contributed by atoms with van der Waals surface area (Å²) >= 11 is 0. The van der Waals surface area contributed by atoms with Crippen molar-refractivity contribution < 1.29 is 4.74 Å². The van der Waals surface area contributed by atoms with Gasteiger partial charge in [0, 0.05) is 24.7 Å². The topological polar surface area (TPSA) is 90.4 Å². The number of nitrogens with zero attached hydrogens (tertiary/aromatic N) is 7. The molecule has 0 saturated heterocycles. The van der Waals surface area contributed by atoms with Gasteiger partial charge in [-0.1, -0.05) is 39.1 Å². The van der Waals surface area contributed by atoms with Gasteiger partial charge in [-0.05, 0) is 29.5 Å². The summed E-state index contributed by atoms with van der Waals surface area (Å²) in [6.45, 7) is 11.2. The number of aliphatic imine (C=N–C) groups is 2. The average Bonchev–Trinajstić information content (AvgIpc) is 3.28. The number of allylic oxidation sites excluding steroid dienone is 1. The third-order valence-electron chi connectivity index (χ3n) is 3.48. The molecule has 0 unspecified atom stereocenters. The number of tetrazole rings is 1. The first-order valence-electron chi connectivity index (χ1n) is 9.01. The average molecular weight is 389 g/mol. The Morgan fingerprint density at radius 1 is 1.17 bits per heavy atom. The van der Waals surface area contributed by atoms with Crippen molar-refractivity contribution in [3.8, 4) is 23.0 Å². The zero-order chi connectivity index (χ0) is 21.1. The first kappa shape index (κ1) is 21.4. The number of aromatic nitrogens is 5. The van der Waals surface area contributed by atoms with E-state index in [9.17, 15) is 0 Å². The van der Waals surface area contributed by atoms with Crippen LogP contribution >= 0.6 is 0 Å². The van der Waals surface area contributed by atoms with E-state index in [-0.39, 0.29) is 0 Å². The molecule has 8 heteroatoms. The number of amidine groups is 1. The Bertz CT molecular complexity index is 1010. The summed E-state index contributed by atoms with van der Waals surface area (Å²) in [5.41, 5.74) is 2.02. The van der Waals surface area contributed by atoms with Crippen LogP contribution in [0.5, 0.6) is 5.75 Å². The number of hydrogen-bond acceptors (Lipinski definition) is 6. The molecule has 0 aliphatic rings. The van der Waals surface area contributed by atoms with Gasteiger partial charge in [0.15, 0.2) is 5.84 Å². The summed E-state index contributed by atoms with van der Waals surface area (Å²) in [6, 6.07) is 10.9. The molecule has 0 fully saturated rings. The molecule has 1 aromatic carbocycles. The Morgan fingerprint density at radius 2 is 2.00 bits per heavy atom. The van der Waals surface area contributed by atoms with E-state index in [4.69, 9.17) is 4.74 Å². The van der Waals surface area contributed by atoms with Crippen molar-refractivity contribution in [2.75, 3.05) is 7.11 Å². The lowest BCUT2D eigenvalue weighted by molar-refractivity contribution is 0.413. The monoisotopic (exact) mass is 389 g/mol. The molecule has 0 aliphatic carbocycles. The number of benzene rings is 1. The van der Waals surface area contributed by atoms with Gasteiger partial charge in [-0.3, -0.25) is 4.98 Å². The van der Waals surface area contributed by atoms with Crippen LogP contribution in [0.25, 0.3) is 17.2 Å². The summed E-state index contributed by atoms with van der Waals surface area (Å²) in [4.78, 5) is 14.1. The van der Waals surface area contributed by atoms with E-state index in [2.05, 4.69) is 43.5 Å². The fourth-order valence-corrected chi connectivity index (χ4v) is 2.29. The lowest BCUT2D eigenvalue weighted by atomic mass is 10.1. The Labute approximate surface area is 170 Å². The van der Waals surface area contributed by atoms with E-state index in [0.717, 1.165) is 0 Å². The van der Waals surface area contributed by atoms with Crippen LogP contribution in [-0.2, 0) is 0 Å². The standard InChI is InChI=1S/C19H17N7O.C2H6/c1-4-11-22-18(20-5-2)15-10-9-14(13-17(15)27-3)26-24-19(23-25-26)16-8-6-7-12-21-16;1-2/h4-13H,1-2H2,3H3;1-2H3. The van der Waals surface area contributed by atoms with E-state index in [0.29, 0.717) is 34.4 Å². The molecule has 0 aliphatic heterocycles. The van der Waals surface area contributed by atoms with Crippen LogP contribution in [0.15, 0.2) is 78.0 Å². The molecular weight excluding hydrogens is 366 g/mol. The number of rotatable bonds is 6. The fraction of sp³-hybridized carbons (Fsp3) is 0.143. The van der Waals surface area contributed by atoms with Crippen LogP contribution in [0.1, 0.15) is 19.4 Å². The Balaban J connectivity index is 0.00000145. The molecule has 0 bridgehead atoms. The molecule has 8 nitrogen and oxygen atoms in total. The van der Waals surface area contributed by atoms with E-state index < -0.39 is 0 Å². The van der Waals surface area contributed by atoms with Crippen molar-refractivity contribution >= 4 is 12.1 Å². The first-order valence-corrected chi connectivity index (χ1v) is 9.01. The lowest BCUT2D eigenvalue weighted by Gasteiger charge is -2.09. The summed E-state index contributed by atoms with van der Waals surface area (Å²) in [6.07, 6.45) is 6.21. The van der Waals surface area contributed by atoms with Gasteiger partial charge in [-0.25, -0.2) is 9.98 Å². The molecule has 148 valence electrons. The molecule has 3 rings (SSSR count). The highest BCUT2D eigenvalue weighted by atomic mass is 16.5. The normalized spacial score (nSPS) is 10.9. The molecule has 0 saturated carbocycles. The van der Waals surface area contributed by atoms with Crippen LogP contribution in [0.3, 0.4) is 0 Å². The second-order valence-corrected chi connectivity index (χ2v) is 5.15. The Hall–Kier alpha value is -3.94. The van der Waals surface area contributed by atoms with Gasteiger partial charge in [-0.2, -0.15) is 0 Å². The highest BCUT2D eigenvalue weighted by molar-refractivity contribution is 6.06. The molecular formula is C21H23N7O. The van der Waals surface area contributed by atoms with Crippen LogP contribution < -0.4 is 4.74 Å². The zero-order valence-corrected chi connectivity index (χ0v) is 16.7. The Kier molecular flexibility index (Phi) is 8.12. The highest BCUT2D eigenvalue weighted by Crippen LogP contribution is 2.23. The second kappa shape index (κ2) is 11.0. The number of methoxy groups -OCH3 is 1. The van der Waals surface area contributed by atoms with E-state index in [1.807, 2.05) is 44.2 Å². The molecule has 2 heterocycles. The maximum Gasteiger partial charge on any atom is 0.223 e. The van der Waals surface area contributed by atoms with Gasteiger partial charge in [0.2, 0.25) is 5.82 Å². The molecule has 2 aromatic heterocycles. The first-order chi connectivity index (χ1) is 14.3. The van der Waals surface area contributed by atoms with Gasteiger partial charge in [0.25, 0.3) is 0 Å². The quantitative estimate of drug-likeness (QED) is 0.471. The van der Waals surface area contributed by atoms with Crippen molar-refractivity contribution in [1.29, 1.82) is 0 Å². The second-order valence-electron chi connectivity index (χ2n) is 5.15. The fourth-order valence-electron chi connectivity index (χ4n) is 2.29. The smallest absolute Gasteiger partial charge is 0.223 e. The SMILES string of the molecule is C=CC=NC(=NC=C)c1ccc(-n2nnc(-c3ccccn3)n2)cc1OC.CC. The third-order valence-corrected chi connectivity index (χ3v) is 3.48. The molecule has 0 N–H and O–H groups in total. The van der Waals surface area contributed by atoms with Crippen LogP contribution in [0, 0.1) is 0 Å². The van der Waals surface area contributed by atoms with Gasteiger partial charge >= 0.3 is 0 Å². The zero-order valence-electron chi connectivity index (χ0n) is 16.7. The predicted octanol–water partition coefficient (Wildman–Crippen LogP) is 3.91. The molecule has 3 aromatic rings. The van der Waals surface area contributed by atoms with Gasteiger partial charge in [0.05, 0.1) is 18.4 Å². The van der Waals surface area contributed by atoms with Crippen LogP contribution in [0.4, 0.5) is 0 Å². The van der Waals surface area contributed by atoms with Crippen molar-refractivity contribution in [1.82, 2.24) is 25.2 Å².